The molecule has 1 unspecified atom stereocenters. The van der Waals surface area contributed by atoms with E-state index in [0.29, 0.717) is 6.04 Å². The highest BCUT2D eigenvalue weighted by Gasteiger charge is 2.08. The summed E-state index contributed by atoms with van der Waals surface area (Å²) in [5.41, 5.74) is 2.73. The van der Waals surface area contributed by atoms with Gasteiger partial charge in [0.15, 0.2) is 0 Å². The second kappa shape index (κ2) is 8.60. The molecule has 2 aromatic carbocycles. The zero-order chi connectivity index (χ0) is 14.9. The molecule has 21 heavy (non-hydrogen) atoms. The van der Waals surface area contributed by atoms with Gasteiger partial charge in [0.25, 0.3) is 0 Å². The van der Waals surface area contributed by atoms with E-state index in [4.69, 9.17) is 0 Å². The first-order chi connectivity index (χ1) is 10.3. The summed E-state index contributed by atoms with van der Waals surface area (Å²) in [4.78, 5) is 2.42. The number of nitrogens with one attached hydrogen (secondary N) is 1. The van der Waals surface area contributed by atoms with E-state index in [1.165, 1.54) is 11.1 Å². The van der Waals surface area contributed by atoms with Crippen molar-refractivity contribution in [3.63, 3.8) is 0 Å². The monoisotopic (exact) mass is 282 g/mol. The molecule has 0 aliphatic heterocycles. The summed E-state index contributed by atoms with van der Waals surface area (Å²) in [6.07, 6.45) is 1.16. The Balaban J connectivity index is 1.66. The Kier molecular flexibility index (Phi) is 6.45. The molecule has 0 heterocycles. The van der Waals surface area contributed by atoms with Gasteiger partial charge >= 0.3 is 0 Å². The van der Waals surface area contributed by atoms with Crippen LogP contribution in [0.15, 0.2) is 60.7 Å². The van der Waals surface area contributed by atoms with E-state index in [1.54, 1.807) is 0 Å². The SMILES string of the molecule is CC(CCNCc1ccccc1)N(C)Cc1ccccc1. The van der Waals surface area contributed by atoms with Crippen molar-refractivity contribution >= 4 is 0 Å². The maximum atomic E-state index is 3.52. The van der Waals surface area contributed by atoms with Gasteiger partial charge in [0.2, 0.25) is 0 Å². The molecule has 0 radical (unpaired) electrons. The lowest BCUT2D eigenvalue weighted by Gasteiger charge is -2.25. The van der Waals surface area contributed by atoms with E-state index in [9.17, 15) is 0 Å². The minimum absolute atomic E-state index is 0.577. The molecule has 0 amide bonds. The molecule has 0 saturated heterocycles. The zero-order valence-corrected chi connectivity index (χ0v) is 13.1. The number of benzene rings is 2. The molecule has 0 aliphatic carbocycles. The van der Waals surface area contributed by atoms with Gasteiger partial charge in [-0.25, -0.2) is 0 Å². The Labute approximate surface area is 128 Å². The summed E-state index contributed by atoms with van der Waals surface area (Å²) < 4.78 is 0. The van der Waals surface area contributed by atoms with Crippen molar-refractivity contribution in [3.05, 3.63) is 71.8 Å². The van der Waals surface area contributed by atoms with Crippen molar-refractivity contribution in [1.82, 2.24) is 10.2 Å². The van der Waals surface area contributed by atoms with Gasteiger partial charge in [-0.2, -0.15) is 0 Å². The Morgan fingerprint density at radius 1 is 0.905 bits per heavy atom. The van der Waals surface area contributed by atoms with E-state index in [-0.39, 0.29) is 0 Å². The largest absolute Gasteiger partial charge is 0.313 e. The number of hydrogen-bond acceptors (Lipinski definition) is 2. The Morgan fingerprint density at radius 3 is 2.10 bits per heavy atom. The van der Waals surface area contributed by atoms with Crippen molar-refractivity contribution in [2.45, 2.75) is 32.5 Å². The minimum atomic E-state index is 0.577. The molecule has 0 bridgehead atoms. The van der Waals surface area contributed by atoms with Crippen LogP contribution in [0.5, 0.6) is 0 Å². The second-order valence-corrected chi connectivity index (χ2v) is 5.70. The van der Waals surface area contributed by atoms with Gasteiger partial charge in [-0.05, 0) is 38.1 Å². The van der Waals surface area contributed by atoms with Crippen molar-refractivity contribution in [1.29, 1.82) is 0 Å². The normalized spacial score (nSPS) is 12.5. The third kappa shape index (κ3) is 5.70. The Hall–Kier alpha value is -1.64. The summed E-state index contributed by atoms with van der Waals surface area (Å²) in [7, 11) is 2.20. The topological polar surface area (TPSA) is 15.3 Å². The van der Waals surface area contributed by atoms with Gasteiger partial charge in [0, 0.05) is 19.1 Å². The van der Waals surface area contributed by atoms with Crippen molar-refractivity contribution in [2.24, 2.45) is 0 Å². The third-order valence-electron chi connectivity index (χ3n) is 3.94. The molecular weight excluding hydrogens is 256 g/mol. The minimum Gasteiger partial charge on any atom is -0.313 e. The van der Waals surface area contributed by atoms with E-state index >= 15 is 0 Å². The van der Waals surface area contributed by atoms with Crippen LogP contribution in [0.3, 0.4) is 0 Å². The molecule has 1 atom stereocenters. The smallest absolute Gasteiger partial charge is 0.0233 e. The molecule has 2 aromatic rings. The Bertz CT molecular complexity index is 495. The first kappa shape index (κ1) is 15.7. The van der Waals surface area contributed by atoms with Crippen LogP contribution in [0.4, 0.5) is 0 Å². The van der Waals surface area contributed by atoms with Gasteiger partial charge < -0.3 is 5.32 Å². The lowest BCUT2D eigenvalue weighted by Crippen LogP contribution is -2.31. The summed E-state index contributed by atoms with van der Waals surface area (Å²) >= 11 is 0. The number of nitrogens with zero attached hydrogens (tertiary/aromatic N) is 1. The Morgan fingerprint density at radius 2 is 1.48 bits per heavy atom. The van der Waals surface area contributed by atoms with Crippen LogP contribution in [0.25, 0.3) is 0 Å². The fourth-order valence-corrected chi connectivity index (χ4v) is 2.39. The average Bonchev–Trinajstić information content (AvgIpc) is 2.53. The zero-order valence-electron chi connectivity index (χ0n) is 13.1. The molecule has 0 aromatic heterocycles. The van der Waals surface area contributed by atoms with Crippen LogP contribution in [0, 0.1) is 0 Å². The molecule has 2 heteroatoms. The molecule has 2 rings (SSSR count). The first-order valence-corrected chi connectivity index (χ1v) is 7.74. The lowest BCUT2D eigenvalue weighted by atomic mass is 10.1. The molecule has 2 nitrogen and oxygen atoms in total. The van der Waals surface area contributed by atoms with Gasteiger partial charge in [-0.1, -0.05) is 60.7 Å². The summed E-state index contributed by atoms with van der Waals surface area (Å²) in [6, 6.07) is 21.8. The molecule has 112 valence electrons. The molecule has 0 saturated carbocycles. The summed E-state index contributed by atoms with van der Waals surface area (Å²) in [5.74, 6) is 0. The van der Waals surface area contributed by atoms with Crippen LogP contribution in [0.2, 0.25) is 0 Å². The molecule has 0 aliphatic rings. The van der Waals surface area contributed by atoms with Crippen LogP contribution in [0.1, 0.15) is 24.5 Å². The highest BCUT2D eigenvalue weighted by molar-refractivity contribution is 5.15. The first-order valence-electron chi connectivity index (χ1n) is 7.74. The molecule has 0 spiro atoms. The van der Waals surface area contributed by atoms with Crippen LogP contribution >= 0.6 is 0 Å². The number of rotatable bonds is 8. The maximum Gasteiger partial charge on any atom is 0.0233 e. The van der Waals surface area contributed by atoms with Crippen molar-refractivity contribution < 1.29 is 0 Å². The molecular formula is C19H26N2. The standard InChI is InChI=1S/C19H26N2/c1-17(21(2)16-19-11-7-4-8-12-19)13-14-20-15-18-9-5-3-6-10-18/h3-12,17,20H,13-16H2,1-2H3. The second-order valence-electron chi connectivity index (χ2n) is 5.70. The van der Waals surface area contributed by atoms with Gasteiger partial charge in [0.05, 0.1) is 0 Å². The van der Waals surface area contributed by atoms with Crippen LogP contribution in [-0.2, 0) is 13.1 Å². The number of hydrogen-bond donors (Lipinski definition) is 1. The average molecular weight is 282 g/mol. The quantitative estimate of drug-likeness (QED) is 0.743. The summed E-state index contributed by atoms with van der Waals surface area (Å²) in [5, 5.41) is 3.52. The molecule has 1 N–H and O–H groups in total. The predicted octanol–water partition coefficient (Wildman–Crippen LogP) is 3.69. The predicted molar refractivity (Wildman–Crippen MR) is 90.1 cm³/mol. The molecule has 0 fully saturated rings. The van der Waals surface area contributed by atoms with Crippen LogP contribution < -0.4 is 5.32 Å². The van der Waals surface area contributed by atoms with E-state index in [1.807, 2.05) is 0 Å². The van der Waals surface area contributed by atoms with E-state index < -0.39 is 0 Å². The van der Waals surface area contributed by atoms with Gasteiger partial charge in [0.1, 0.15) is 0 Å². The third-order valence-corrected chi connectivity index (χ3v) is 3.94. The van der Waals surface area contributed by atoms with Crippen molar-refractivity contribution in [2.75, 3.05) is 13.6 Å². The van der Waals surface area contributed by atoms with Gasteiger partial charge in [-0.15, -0.1) is 0 Å². The highest BCUT2D eigenvalue weighted by atomic mass is 15.1. The van der Waals surface area contributed by atoms with E-state index in [2.05, 4.69) is 84.9 Å². The lowest BCUT2D eigenvalue weighted by molar-refractivity contribution is 0.236. The maximum absolute atomic E-state index is 3.52. The van der Waals surface area contributed by atoms with E-state index in [0.717, 1.165) is 26.1 Å². The fourth-order valence-electron chi connectivity index (χ4n) is 2.39. The van der Waals surface area contributed by atoms with Crippen LogP contribution in [-0.4, -0.2) is 24.5 Å². The highest BCUT2D eigenvalue weighted by Crippen LogP contribution is 2.08. The van der Waals surface area contributed by atoms with Gasteiger partial charge in [-0.3, -0.25) is 4.90 Å². The summed E-state index contributed by atoms with van der Waals surface area (Å²) in [6.45, 7) is 5.32. The fraction of sp³-hybridized carbons (Fsp3) is 0.368. The van der Waals surface area contributed by atoms with Crippen molar-refractivity contribution in [3.8, 4) is 0 Å².